The van der Waals surface area contributed by atoms with Crippen LogP contribution < -0.4 is 5.32 Å². The third-order valence-corrected chi connectivity index (χ3v) is 2.96. The van der Waals surface area contributed by atoms with Crippen LogP contribution in [0.5, 0.6) is 0 Å². The third-order valence-electron chi connectivity index (χ3n) is 2.96. The molecule has 0 spiro atoms. The Kier molecular flexibility index (Phi) is 3.01. The molecule has 0 aromatic heterocycles. The highest BCUT2D eigenvalue weighted by Crippen LogP contribution is 2.38. The van der Waals surface area contributed by atoms with Gasteiger partial charge in [-0.2, -0.15) is 0 Å². The van der Waals surface area contributed by atoms with E-state index in [-0.39, 0.29) is 0 Å². The van der Waals surface area contributed by atoms with E-state index in [0.717, 1.165) is 19.1 Å². The molecular weight excluding hydrogens is 162 g/mol. The molecule has 2 rings (SSSR count). The molecule has 2 nitrogen and oxygen atoms in total. The van der Waals surface area contributed by atoms with Crippen LogP contribution in [0.3, 0.4) is 0 Å². The van der Waals surface area contributed by atoms with E-state index in [9.17, 15) is 0 Å². The van der Waals surface area contributed by atoms with Crippen LogP contribution in [0.2, 0.25) is 0 Å². The van der Waals surface area contributed by atoms with Crippen molar-refractivity contribution in [3.8, 4) is 0 Å². The highest BCUT2D eigenvalue weighted by molar-refractivity contribution is 4.94. The second-order valence-electron chi connectivity index (χ2n) is 4.05. The molecule has 0 bridgehead atoms. The Morgan fingerprint density at radius 1 is 1.38 bits per heavy atom. The summed E-state index contributed by atoms with van der Waals surface area (Å²) in [5.74, 6) is 0.866. The second kappa shape index (κ2) is 4.25. The molecule has 1 heterocycles. The minimum Gasteiger partial charge on any atom is -0.376 e. The lowest BCUT2D eigenvalue weighted by Gasteiger charge is -2.18. The Hall–Kier alpha value is -0.340. The topological polar surface area (TPSA) is 21.3 Å². The Bertz CT molecular complexity index is 187. The van der Waals surface area contributed by atoms with Gasteiger partial charge in [-0.05, 0) is 32.1 Å². The molecule has 1 aliphatic carbocycles. The van der Waals surface area contributed by atoms with Gasteiger partial charge in [0.1, 0.15) is 0 Å². The first-order chi connectivity index (χ1) is 6.42. The number of hydrogen-bond acceptors (Lipinski definition) is 2. The second-order valence-corrected chi connectivity index (χ2v) is 4.05. The van der Waals surface area contributed by atoms with Gasteiger partial charge >= 0.3 is 0 Å². The van der Waals surface area contributed by atoms with E-state index in [1.807, 2.05) is 0 Å². The maximum absolute atomic E-state index is 5.73. The molecule has 1 N–H and O–H groups in total. The fourth-order valence-corrected chi connectivity index (χ4v) is 2.06. The van der Waals surface area contributed by atoms with Crippen LogP contribution >= 0.6 is 0 Å². The molecule has 0 aromatic carbocycles. The molecule has 0 radical (unpaired) electrons. The summed E-state index contributed by atoms with van der Waals surface area (Å²) in [7, 11) is 0. The molecule has 0 aromatic rings. The van der Waals surface area contributed by atoms with E-state index in [4.69, 9.17) is 4.74 Å². The lowest BCUT2D eigenvalue weighted by molar-refractivity contribution is 0.0818. The fourth-order valence-electron chi connectivity index (χ4n) is 2.06. The molecule has 13 heavy (non-hydrogen) atoms. The van der Waals surface area contributed by atoms with Gasteiger partial charge in [0.25, 0.3) is 0 Å². The molecule has 2 fully saturated rings. The summed E-state index contributed by atoms with van der Waals surface area (Å²) in [5.41, 5.74) is 0. The largest absolute Gasteiger partial charge is 0.376 e. The highest BCUT2D eigenvalue weighted by Gasteiger charge is 2.39. The predicted octanol–water partition coefficient (Wildman–Crippen LogP) is 1.72. The van der Waals surface area contributed by atoms with Crippen molar-refractivity contribution in [2.75, 3.05) is 13.2 Å². The van der Waals surface area contributed by atoms with Gasteiger partial charge in [0, 0.05) is 19.2 Å². The molecule has 2 aliphatic rings. The number of rotatable bonds is 4. The van der Waals surface area contributed by atoms with E-state index in [1.54, 1.807) is 0 Å². The average molecular weight is 181 g/mol. The van der Waals surface area contributed by atoms with E-state index >= 15 is 0 Å². The van der Waals surface area contributed by atoms with Crippen LogP contribution in [-0.4, -0.2) is 25.3 Å². The van der Waals surface area contributed by atoms with E-state index < -0.39 is 0 Å². The number of ether oxygens (including phenoxy) is 1. The zero-order chi connectivity index (χ0) is 9.10. The zero-order valence-corrected chi connectivity index (χ0v) is 8.33. The Labute approximate surface area is 80.4 Å². The predicted molar refractivity (Wildman–Crippen MR) is 53.7 cm³/mol. The van der Waals surface area contributed by atoms with Crippen molar-refractivity contribution >= 4 is 0 Å². The van der Waals surface area contributed by atoms with Gasteiger partial charge < -0.3 is 10.1 Å². The van der Waals surface area contributed by atoms with Gasteiger partial charge in [0.2, 0.25) is 0 Å². The molecule has 1 saturated heterocycles. The molecule has 2 unspecified atom stereocenters. The summed E-state index contributed by atoms with van der Waals surface area (Å²) in [4.78, 5) is 0. The third kappa shape index (κ3) is 2.32. The lowest BCUT2D eigenvalue weighted by Crippen LogP contribution is -2.37. The fraction of sp³-hybridized carbons (Fsp3) is 0.818. The van der Waals surface area contributed by atoms with Crippen LogP contribution in [0.25, 0.3) is 0 Å². The van der Waals surface area contributed by atoms with Crippen LogP contribution in [0, 0.1) is 5.92 Å². The maximum Gasteiger partial charge on any atom is 0.0757 e. The first kappa shape index (κ1) is 9.22. The monoisotopic (exact) mass is 181 g/mol. The Morgan fingerprint density at radius 3 is 2.92 bits per heavy atom. The van der Waals surface area contributed by atoms with Gasteiger partial charge in [-0.25, -0.2) is 0 Å². The van der Waals surface area contributed by atoms with E-state index in [0.29, 0.717) is 12.1 Å². The van der Waals surface area contributed by atoms with Gasteiger partial charge in [0.05, 0.1) is 6.10 Å². The summed E-state index contributed by atoms with van der Waals surface area (Å²) in [6.07, 6.45) is 8.74. The van der Waals surface area contributed by atoms with Crippen molar-refractivity contribution in [3.63, 3.8) is 0 Å². The summed E-state index contributed by atoms with van der Waals surface area (Å²) in [5, 5.41) is 3.54. The minimum atomic E-state index is 0.519. The first-order valence-electron chi connectivity index (χ1n) is 5.38. The van der Waals surface area contributed by atoms with Crippen LogP contribution in [-0.2, 0) is 4.74 Å². The van der Waals surface area contributed by atoms with Crippen LogP contribution in [0.1, 0.15) is 26.2 Å². The number of hydrogen-bond donors (Lipinski definition) is 1. The Balaban J connectivity index is 1.76. The summed E-state index contributed by atoms with van der Waals surface area (Å²) < 4.78 is 5.73. The number of nitrogens with one attached hydrogen (secondary N) is 1. The summed E-state index contributed by atoms with van der Waals surface area (Å²) >= 11 is 0. The zero-order valence-electron chi connectivity index (χ0n) is 8.33. The van der Waals surface area contributed by atoms with Crippen LogP contribution in [0.15, 0.2) is 12.2 Å². The number of allylic oxidation sites excluding steroid dienone is 1. The first-order valence-corrected chi connectivity index (χ1v) is 5.38. The van der Waals surface area contributed by atoms with E-state index in [2.05, 4.69) is 24.4 Å². The maximum atomic E-state index is 5.73. The molecule has 1 aliphatic heterocycles. The van der Waals surface area contributed by atoms with Crippen molar-refractivity contribution in [1.29, 1.82) is 0 Å². The average Bonchev–Trinajstić information content (AvgIpc) is 2.88. The van der Waals surface area contributed by atoms with Gasteiger partial charge in [0.15, 0.2) is 0 Å². The molecule has 2 heteroatoms. The van der Waals surface area contributed by atoms with Gasteiger partial charge in [-0.3, -0.25) is 0 Å². The smallest absolute Gasteiger partial charge is 0.0757 e. The standard InChI is InChI=1S/C11H19NO/c1-2-3-7-12-10-6-8-13-11(10)9-4-5-9/h2-3,9-12H,4-8H2,1H3/b3-2+. The molecule has 0 amide bonds. The summed E-state index contributed by atoms with van der Waals surface area (Å²) in [6, 6.07) is 0.615. The van der Waals surface area contributed by atoms with Crippen molar-refractivity contribution in [3.05, 3.63) is 12.2 Å². The molecule has 1 saturated carbocycles. The van der Waals surface area contributed by atoms with Crippen molar-refractivity contribution in [2.24, 2.45) is 5.92 Å². The quantitative estimate of drug-likeness (QED) is 0.667. The van der Waals surface area contributed by atoms with E-state index in [1.165, 1.54) is 19.3 Å². The normalized spacial score (nSPS) is 34.5. The highest BCUT2D eigenvalue weighted by atomic mass is 16.5. The van der Waals surface area contributed by atoms with Crippen LogP contribution in [0.4, 0.5) is 0 Å². The minimum absolute atomic E-state index is 0.519. The lowest BCUT2D eigenvalue weighted by atomic mass is 10.1. The Morgan fingerprint density at radius 2 is 2.23 bits per heavy atom. The van der Waals surface area contributed by atoms with Crippen molar-refractivity contribution in [1.82, 2.24) is 5.32 Å². The molecule has 74 valence electrons. The van der Waals surface area contributed by atoms with Gasteiger partial charge in [-0.1, -0.05) is 12.2 Å². The molecule has 2 atom stereocenters. The van der Waals surface area contributed by atoms with Crippen molar-refractivity contribution in [2.45, 2.75) is 38.3 Å². The molecular formula is C11H19NO. The van der Waals surface area contributed by atoms with Gasteiger partial charge in [-0.15, -0.1) is 0 Å². The van der Waals surface area contributed by atoms with Crippen molar-refractivity contribution < 1.29 is 4.74 Å². The SMILES string of the molecule is C/C=C/CNC1CCOC1C1CC1. The summed E-state index contributed by atoms with van der Waals surface area (Å²) in [6.45, 7) is 4.01.